The van der Waals surface area contributed by atoms with Crippen LogP contribution in [0.3, 0.4) is 0 Å². The summed E-state index contributed by atoms with van der Waals surface area (Å²) in [6.45, 7) is 24.4. The van der Waals surface area contributed by atoms with Crippen molar-refractivity contribution in [3.05, 3.63) is 39.9 Å². The minimum absolute atomic E-state index is 0.0250. The normalized spacial score (nSPS) is 36.2. The average molecular weight is 1040 g/mol. The van der Waals surface area contributed by atoms with Gasteiger partial charge in [0.2, 0.25) is 5.91 Å². The molecule has 1 aromatic carbocycles. The Bertz CT molecular complexity index is 2510. The van der Waals surface area contributed by atoms with Crippen LogP contribution in [-0.2, 0) is 33.8 Å². The number of rotatable bonds is 14. The van der Waals surface area contributed by atoms with Gasteiger partial charge in [-0.1, -0.05) is 79.5 Å². The van der Waals surface area contributed by atoms with Gasteiger partial charge in [0.15, 0.2) is 15.6 Å². The van der Waals surface area contributed by atoms with Crippen molar-refractivity contribution in [2.24, 2.45) is 68.0 Å². The fraction of sp³-hybridized carbons (Fsp3) is 0.768. The van der Waals surface area contributed by atoms with E-state index in [2.05, 4.69) is 59.1 Å². The summed E-state index contributed by atoms with van der Waals surface area (Å²) < 4.78 is 36.2. The van der Waals surface area contributed by atoms with Crippen molar-refractivity contribution < 1.29 is 52.1 Å². The van der Waals surface area contributed by atoms with Crippen molar-refractivity contribution in [1.29, 1.82) is 0 Å². The SMILES string of the molecule is CC(C)C1=C2[C@H]3CC[C@@H]4[C@@]5(C)CC[C@H](OC(=O)[C@H]6C[C@@H](C(=O)O)C6(C)C)C(C)(C)[C@@H]5CC[C@@]4(C)[C@]3(C)CC[C@@]2([C@@H](O)CNC(=O)C(C)(C)NC(=O)c2ccc(Cl)cc2OCCN2CCS(=O)(=O)CC2)CC1=O. The van der Waals surface area contributed by atoms with Gasteiger partial charge in [-0.05, 0) is 141 Å². The molecule has 400 valence electrons. The lowest BCUT2D eigenvalue weighted by Gasteiger charge is -2.72. The fourth-order valence-electron chi connectivity index (χ4n) is 16.3. The molecular weight excluding hydrogens is 958 g/mol. The summed E-state index contributed by atoms with van der Waals surface area (Å²) in [6.07, 6.45) is 6.13. The van der Waals surface area contributed by atoms with E-state index < -0.39 is 61.9 Å². The predicted molar refractivity (Wildman–Crippen MR) is 275 cm³/mol. The van der Waals surface area contributed by atoms with Crippen LogP contribution in [0.15, 0.2) is 29.3 Å². The Morgan fingerprint density at radius 3 is 2.21 bits per heavy atom. The maximum absolute atomic E-state index is 14.4. The molecule has 4 N–H and O–H groups in total. The number of ether oxygens (including phenoxy) is 2. The van der Waals surface area contributed by atoms with E-state index in [1.165, 1.54) is 12.1 Å². The molecule has 72 heavy (non-hydrogen) atoms. The van der Waals surface area contributed by atoms with Gasteiger partial charge in [0.05, 0.1) is 35.0 Å². The van der Waals surface area contributed by atoms with Crippen LogP contribution in [0.25, 0.3) is 0 Å². The molecule has 8 rings (SSSR count). The van der Waals surface area contributed by atoms with Crippen molar-refractivity contribution in [3.8, 4) is 5.75 Å². The molecule has 11 atom stereocenters. The number of carbonyl (C=O) groups excluding carboxylic acids is 4. The summed E-state index contributed by atoms with van der Waals surface area (Å²) in [4.78, 5) is 69.8. The Kier molecular flexibility index (Phi) is 14.4. The molecule has 1 aromatic rings. The number of hydrogen-bond acceptors (Lipinski definition) is 11. The number of benzene rings is 1. The maximum atomic E-state index is 14.4. The second-order valence-electron chi connectivity index (χ2n) is 25.9. The van der Waals surface area contributed by atoms with Crippen LogP contribution in [0.1, 0.15) is 151 Å². The number of halogens is 1. The summed E-state index contributed by atoms with van der Waals surface area (Å²) in [5.41, 5.74) is -1.37. The first-order chi connectivity index (χ1) is 33.4. The van der Waals surface area contributed by atoms with E-state index in [0.29, 0.717) is 49.3 Å². The fourth-order valence-corrected chi connectivity index (χ4v) is 17.8. The van der Waals surface area contributed by atoms with Crippen LogP contribution < -0.4 is 15.4 Å². The zero-order valence-electron chi connectivity index (χ0n) is 44.7. The van der Waals surface area contributed by atoms with Gasteiger partial charge in [-0.2, -0.15) is 0 Å². The van der Waals surface area contributed by atoms with Gasteiger partial charge in [-0.25, -0.2) is 8.42 Å². The number of ketones is 1. The first-order valence-corrected chi connectivity index (χ1v) is 28.9. The van der Waals surface area contributed by atoms with Crippen LogP contribution in [-0.4, -0.2) is 115 Å². The predicted octanol–water partition coefficient (Wildman–Crippen LogP) is 8.07. The third-order valence-electron chi connectivity index (χ3n) is 20.9. The summed E-state index contributed by atoms with van der Waals surface area (Å²) >= 11 is 6.31. The third kappa shape index (κ3) is 9.05. The lowest BCUT2D eigenvalue weighted by molar-refractivity contribution is -0.238. The van der Waals surface area contributed by atoms with Crippen LogP contribution in [0, 0.1) is 68.0 Å². The maximum Gasteiger partial charge on any atom is 0.309 e. The van der Waals surface area contributed by atoms with Crippen molar-refractivity contribution in [1.82, 2.24) is 15.5 Å². The zero-order valence-corrected chi connectivity index (χ0v) is 46.2. The number of carboxylic acid groups (broad SMARTS) is 1. The Morgan fingerprint density at radius 1 is 0.889 bits per heavy atom. The molecule has 0 unspecified atom stereocenters. The number of allylic oxidation sites excluding steroid dienone is 1. The number of carboxylic acids is 1. The molecule has 2 amide bonds. The summed E-state index contributed by atoms with van der Waals surface area (Å²) in [5.74, 6) is -1.96. The molecule has 0 bridgehead atoms. The lowest BCUT2D eigenvalue weighted by atomic mass is 9.33. The first-order valence-electron chi connectivity index (χ1n) is 26.7. The third-order valence-corrected chi connectivity index (χ3v) is 22.8. The molecule has 1 aliphatic heterocycles. The highest BCUT2D eigenvalue weighted by molar-refractivity contribution is 7.91. The number of fused-ring (bicyclic) bond motifs is 7. The van der Waals surface area contributed by atoms with Crippen molar-refractivity contribution in [3.63, 3.8) is 0 Å². The van der Waals surface area contributed by atoms with E-state index in [0.717, 1.165) is 56.1 Å². The summed E-state index contributed by atoms with van der Waals surface area (Å²) in [6, 6.07) is 4.64. The highest BCUT2D eigenvalue weighted by Gasteiger charge is 2.71. The van der Waals surface area contributed by atoms with E-state index in [-0.39, 0.29) is 93.7 Å². The Morgan fingerprint density at radius 2 is 1.57 bits per heavy atom. The Labute approximate surface area is 432 Å². The van der Waals surface area contributed by atoms with Gasteiger partial charge in [-0.3, -0.25) is 28.9 Å². The smallest absolute Gasteiger partial charge is 0.309 e. The topological polar surface area (TPSA) is 206 Å². The van der Waals surface area contributed by atoms with Gasteiger partial charge < -0.3 is 30.3 Å². The molecule has 5 saturated carbocycles. The number of hydrogen-bond donors (Lipinski definition) is 4. The molecule has 14 nitrogen and oxygen atoms in total. The van der Waals surface area contributed by atoms with Gasteiger partial charge in [0, 0.05) is 48.5 Å². The highest BCUT2D eigenvalue weighted by Crippen LogP contribution is 2.77. The largest absolute Gasteiger partial charge is 0.491 e. The number of esters is 1. The van der Waals surface area contributed by atoms with Gasteiger partial charge in [0.25, 0.3) is 5.91 Å². The van der Waals surface area contributed by atoms with Gasteiger partial charge in [0.1, 0.15) is 24.0 Å². The van der Waals surface area contributed by atoms with Gasteiger partial charge >= 0.3 is 11.9 Å². The Balaban J connectivity index is 0.949. The highest BCUT2D eigenvalue weighted by atomic mass is 35.5. The molecule has 6 aliphatic carbocycles. The van der Waals surface area contributed by atoms with E-state index in [9.17, 15) is 42.6 Å². The van der Waals surface area contributed by atoms with E-state index in [4.69, 9.17) is 21.1 Å². The average Bonchev–Trinajstić information content (AvgIpc) is 3.59. The Hall–Kier alpha value is -3.53. The number of aliphatic hydroxyl groups excluding tert-OH is 1. The molecule has 0 spiro atoms. The number of aliphatic hydroxyl groups is 1. The molecule has 0 radical (unpaired) electrons. The molecule has 6 fully saturated rings. The molecule has 1 heterocycles. The van der Waals surface area contributed by atoms with Crippen LogP contribution in [0.4, 0.5) is 0 Å². The van der Waals surface area contributed by atoms with Crippen LogP contribution >= 0.6 is 11.6 Å². The second-order valence-corrected chi connectivity index (χ2v) is 28.7. The monoisotopic (exact) mass is 1040 g/mol. The summed E-state index contributed by atoms with van der Waals surface area (Å²) in [7, 11) is -3.03. The van der Waals surface area contributed by atoms with E-state index in [1.54, 1.807) is 19.9 Å². The van der Waals surface area contributed by atoms with E-state index in [1.807, 2.05) is 18.7 Å². The van der Waals surface area contributed by atoms with Crippen molar-refractivity contribution >= 4 is 51.0 Å². The number of aliphatic carboxylic acids is 1. The van der Waals surface area contributed by atoms with Crippen LogP contribution in [0.5, 0.6) is 5.75 Å². The zero-order chi connectivity index (χ0) is 52.9. The number of carbonyl (C=O) groups is 5. The minimum atomic E-state index is -3.03. The van der Waals surface area contributed by atoms with Gasteiger partial charge in [-0.15, -0.1) is 0 Å². The van der Waals surface area contributed by atoms with Crippen molar-refractivity contribution in [2.75, 3.05) is 44.3 Å². The second kappa shape index (κ2) is 18.9. The standard InChI is InChI=1S/C56H82ClN3O11S/c1-32(2)44-38(61)30-56(42(62)31-58-49(67)52(7,8)59-46(63)34-13-12-33(57)28-39(34)70-25-22-60-23-26-72(68,69)27-24-60)21-20-54(10)35(45(44)56)14-15-41-53(9)18-17-43(51(5,6)40(53)16-19-55(41,54)11)71-48(66)37-29-36(47(64)65)50(37,3)4/h12-13,28,32,35-37,40-43,62H,14-27,29-31H2,1-11H3,(H,58,67)(H,59,63)(H,64,65)/t35-,36+,37-,40+,41-,42+,43+,53+,54-,55-,56+/m1/s1. The molecule has 16 heteroatoms. The molecular formula is C56H82ClN3O11S. The first kappa shape index (κ1) is 54.7. The number of nitrogens with zero attached hydrogens (tertiary/aromatic N) is 1. The minimum Gasteiger partial charge on any atom is -0.491 e. The lowest BCUT2D eigenvalue weighted by Crippen LogP contribution is -2.66. The number of sulfone groups is 1. The molecule has 0 aromatic heterocycles. The number of nitrogens with one attached hydrogen (secondary N) is 2. The van der Waals surface area contributed by atoms with Crippen LogP contribution in [0.2, 0.25) is 5.02 Å². The quantitative estimate of drug-likeness (QED) is 0.131. The number of amides is 2. The molecule has 7 aliphatic rings. The van der Waals surface area contributed by atoms with Crippen molar-refractivity contribution in [2.45, 2.75) is 158 Å². The number of Topliss-reactive ketones (excluding diaryl/α,β-unsaturated/α-hetero) is 1. The summed E-state index contributed by atoms with van der Waals surface area (Å²) in [5, 5.41) is 28.4. The molecule has 1 saturated heterocycles. The van der Waals surface area contributed by atoms with E-state index >= 15 is 0 Å².